The highest BCUT2D eigenvalue weighted by atomic mass is 19.1. The van der Waals surface area contributed by atoms with Gasteiger partial charge in [-0.15, -0.1) is 0 Å². The lowest BCUT2D eigenvalue weighted by atomic mass is 9.94. The summed E-state index contributed by atoms with van der Waals surface area (Å²) in [6.45, 7) is 0.503. The van der Waals surface area contributed by atoms with Crippen LogP contribution in [0.4, 0.5) is 4.39 Å². The van der Waals surface area contributed by atoms with Crippen LogP contribution >= 0.6 is 0 Å². The van der Waals surface area contributed by atoms with Crippen LogP contribution in [0.2, 0.25) is 0 Å². The van der Waals surface area contributed by atoms with Crippen molar-refractivity contribution in [1.29, 1.82) is 0 Å². The minimum atomic E-state index is -1.75. The van der Waals surface area contributed by atoms with Crippen LogP contribution in [-0.2, 0) is 12.7 Å². The maximum atomic E-state index is 15.4. The fourth-order valence-corrected chi connectivity index (χ4v) is 3.13. The number of carbonyl (C=O) groups is 1. The summed E-state index contributed by atoms with van der Waals surface area (Å²) in [5.74, 6) is 0.772. The van der Waals surface area contributed by atoms with E-state index in [1.165, 1.54) is 0 Å². The van der Waals surface area contributed by atoms with Crippen molar-refractivity contribution in [2.75, 3.05) is 13.1 Å². The zero-order chi connectivity index (χ0) is 16.0. The van der Waals surface area contributed by atoms with Crippen molar-refractivity contribution in [2.45, 2.75) is 37.3 Å². The Balaban J connectivity index is 1.55. The highest BCUT2D eigenvalue weighted by Gasteiger charge is 2.45. The smallest absolute Gasteiger partial charge is 0.270 e. The molecule has 2 aliphatic rings. The molecule has 1 aliphatic carbocycles. The standard InChI is InChI=1S/C16H19FN4O2/c1-20-8-2-4-12(20)14(22)21-9-3-7-16(17,10-21)15-18-13(19-23-15)11-5-6-11/h2,4,8,11H,3,5-7,9-10H2,1H3. The number of halogens is 1. The second-order valence-electron chi connectivity index (χ2n) is 6.53. The molecule has 2 aromatic heterocycles. The van der Waals surface area contributed by atoms with E-state index >= 15 is 4.39 Å². The topological polar surface area (TPSA) is 64.2 Å². The van der Waals surface area contributed by atoms with E-state index in [9.17, 15) is 4.79 Å². The zero-order valence-electron chi connectivity index (χ0n) is 13.0. The summed E-state index contributed by atoms with van der Waals surface area (Å²) in [6, 6.07) is 3.55. The lowest BCUT2D eigenvalue weighted by molar-refractivity contribution is 0.0147. The summed E-state index contributed by atoms with van der Waals surface area (Å²) in [6.07, 6.45) is 4.76. The molecule has 1 unspecified atom stereocenters. The van der Waals surface area contributed by atoms with Gasteiger partial charge in [0.05, 0.1) is 6.54 Å². The molecule has 6 nitrogen and oxygen atoms in total. The van der Waals surface area contributed by atoms with Gasteiger partial charge in [-0.3, -0.25) is 4.79 Å². The molecule has 2 aromatic rings. The Bertz CT molecular complexity index is 736. The Morgan fingerprint density at radius 1 is 1.48 bits per heavy atom. The molecule has 4 rings (SSSR count). The second-order valence-corrected chi connectivity index (χ2v) is 6.53. The number of hydrogen-bond acceptors (Lipinski definition) is 4. The Kier molecular flexibility index (Phi) is 3.25. The minimum absolute atomic E-state index is 0.0174. The number of rotatable bonds is 3. The van der Waals surface area contributed by atoms with Crippen molar-refractivity contribution in [3.05, 3.63) is 35.7 Å². The normalized spacial score (nSPS) is 24.9. The van der Waals surface area contributed by atoms with E-state index in [1.54, 1.807) is 34.8 Å². The van der Waals surface area contributed by atoms with E-state index in [4.69, 9.17) is 4.52 Å². The Hall–Kier alpha value is -2.18. The lowest BCUT2D eigenvalue weighted by Crippen LogP contribution is -2.47. The SMILES string of the molecule is Cn1cccc1C(=O)N1CCCC(F)(c2nc(C3CC3)no2)C1. The molecule has 1 atom stereocenters. The van der Waals surface area contributed by atoms with Gasteiger partial charge in [-0.25, -0.2) is 4.39 Å². The number of alkyl halides is 1. The summed E-state index contributed by atoms with van der Waals surface area (Å²) < 4.78 is 22.3. The maximum absolute atomic E-state index is 15.4. The molecule has 1 aliphatic heterocycles. The van der Waals surface area contributed by atoms with Crippen molar-refractivity contribution in [3.63, 3.8) is 0 Å². The number of amides is 1. The van der Waals surface area contributed by atoms with Crippen LogP contribution < -0.4 is 0 Å². The lowest BCUT2D eigenvalue weighted by Gasteiger charge is -2.35. The largest absolute Gasteiger partial charge is 0.347 e. The third-order valence-electron chi connectivity index (χ3n) is 4.66. The number of piperidine rings is 1. The third-order valence-corrected chi connectivity index (χ3v) is 4.66. The minimum Gasteiger partial charge on any atom is -0.347 e. The van der Waals surface area contributed by atoms with E-state index in [0.29, 0.717) is 36.8 Å². The number of hydrogen-bond donors (Lipinski definition) is 0. The van der Waals surface area contributed by atoms with Gasteiger partial charge < -0.3 is 14.0 Å². The predicted octanol–water partition coefficient (Wildman–Crippen LogP) is 2.39. The van der Waals surface area contributed by atoms with Gasteiger partial charge in [-0.2, -0.15) is 4.98 Å². The van der Waals surface area contributed by atoms with Gasteiger partial charge in [0.2, 0.25) is 5.67 Å². The Morgan fingerprint density at radius 3 is 3.00 bits per heavy atom. The van der Waals surface area contributed by atoms with Crippen molar-refractivity contribution in [2.24, 2.45) is 7.05 Å². The molecule has 7 heteroatoms. The van der Waals surface area contributed by atoms with Gasteiger partial charge in [-0.1, -0.05) is 5.16 Å². The van der Waals surface area contributed by atoms with Crippen LogP contribution in [0, 0.1) is 0 Å². The molecule has 0 bridgehead atoms. The van der Waals surface area contributed by atoms with E-state index in [2.05, 4.69) is 10.1 Å². The van der Waals surface area contributed by atoms with Crippen LogP contribution in [-0.4, -0.2) is 38.6 Å². The van der Waals surface area contributed by atoms with Crippen molar-refractivity contribution >= 4 is 5.91 Å². The Labute approximate surface area is 133 Å². The molecule has 2 fully saturated rings. The summed E-state index contributed by atoms with van der Waals surface area (Å²) in [5, 5.41) is 3.90. The molecule has 3 heterocycles. The number of aromatic nitrogens is 3. The van der Waals surface area contributed by atoms with Crippen LogP contribution in [0.1, 0.15) is 53.8 Å². The quantitative estimate of drug-likeness (QED) is 0.871. The molecule has 0 spiro atoms. The average molecular weight is 318 g/mol. The van der Waals surface area contributed by atoms with Crippen LogP contribution in [0.3, 0.4) is 0 Å². The molecule has 1 amide bonds. The molecule has 0 N–H and O–H groups in total. The first-order valence-corrected chi connectivity index (χ1v) is 8.00. The van der Waals surface area contributed by atoms with Gasteiger partial charge in [0.25, 0.3) is 11.8 Å². The summed E-state index contributed by atoms with van der Waals surface area (Å²) >= 11 is 0. The van der Waals surface area contributed by atoms with Gasteiger partial charge in [0.1, 0.15) is 5.69 Å². The van der Waals surface area contributed by atoms with Gasteiger partial charge in [0.15, 0.2) is 5.82 Å². The van der Waals surface area contributed by atoms with Crippen LogP contribution in [0.15, 0.2) is 22.9 Å². The first kappa shape index (κ1) is 14.4. The van der Waals surface area contributed by atoms with E-state index in [-0.39, 0.29) is 18.3 Å². The van der Waals surface area contributed by atoms with Crippen molar-refractivity contribution < 1.29 is 13.7 Å². The van der Waals surface area contributed by atoms with Crippen LogP contribution in [0.5, 0.6) is 0 Å². The van der Waals surface area contributed by atoms with E-state index in [0.717, 1.165) is 12.8 Å². The predicted molar refractivity (Wildman–Crippen MR) is 79.6 cm³/mol. The molecule has 0 radical (unpaired) electrons. The van der Waals surface area contributed by atoms with E-state index < -0.39 is 5.67 Å². The number of aryl methyl sites for hydroxylation is 1. The molecular formula is C16H19FN4O2. The van der Waals surface area contributed by atoms with Crippen molar-refractivity contribution in [1.82, 2.24) is 19.6 Å². The molecule has 122 valence electrons. The molecule has 0 aromatic carbocycles. The summed E-state index contributed by atoms with van der Waals surface area (Å²) in [4.78, 5) is 18.4. The molecular weight excluding hydrogens is 299 g/mol. The molecule has 23 heavy (non-hydrogen) atoms. The maximum Gasteiger partial charge on any atom is 0.270 e. The first-order chi connectivity index (χ1) is 11.1. The summed E-state index contributed by atoms with van der Waals surface area (Å²) in [5.41, 5.74) is -1.20. The third kappa shape index (κ3) is 2.54. The Morgan fingerprint density at radius 2 is 2.30 bits per heavy atom. The fourth-order valence-electron chi connectivity index (χ4n) is 3.13. The second kappa shape index (κ2) is 5.18. The highest BCUT2D eigenvalue weighted by Crippen LogP contribution is 2.41. The van der Waals surface area contributed by atoms with Gasteiger partial charge in [-0.05, 0) is 37.8 Å². The molecule has 1 saturated carbocycles. The van der Waals surface area contributed by atoms with Gasteiger partial charge >= 0.3 is 0 Å². The average Bonchev–Trinajstić information content (AvgIpc) is 3.10. The number of likely N-dealkylation sites (tertiary alicyclic amines) is 1. The van der Waals surface area contributed by atoms with Crippen LogP contribution in [0.25, 0.3) is 0 Å². The van der Waals surface area contributed by atoms with Gasteiger partial charge in [0, 0.05) is 25.7 Å². The highest BCUT2D eigenvalue weighted by molar-refractivity contribution is 5.92. The molecule has 1 saturated heterocycles. The summed E-state index contributed by atoms with van der Waals surface area (Å²) in [7, 11) is 1.81. The number of nitrogens with zero attached hydrogens (tertiary/aromatic N) is 4. The van der Waals surface area contributed by atoms with E-state index in [1.807, 2.05) is 0 Å². The zero-order valence-corrected chi connectivity index (χ0v) is 13.0. The monoisotopic (exact) mass is 318 g/mol. The number of carbonyl (C=O) groups excluding carboxylic acids is 1. The van der Waals surface area contributed by atoms with Crippen molar-refractivity contribution in [3.8, 4) is 0 Å². The first-order valence-electron chi connectivity index (χ1n) is 8.00. The fraction of sp³-hybridized carbons (Fsp3) is 0.562.